The highest BCUT2D eigenvalue weighted by Gasteiger charge is 2.08. The maximum atomic E-state index is 5.39. The van der Waals surface area contributed by atoms with Crippen molar-refractivity contribution in [2.24, 2.45) is 4.99 Å². The van der Waals surface area contributed by atoms with Gasteiger partial charge in [-0.2, -0.15) is 0 Å². The van der Waals surface area contributed by atoms with Gasteiger partial charge in [0.05, 0.1) is 12.8 Å². The lowest BCUT2D eigenvalue weighted by Crippen LogP contribution is -2.38. The summed E-state index contributed by atoms with van der Waals surface area (Å²) in [5.41, 5.74) is 4.49. The maximum Gasteiger partial charge on any atom is 0.191 e. The molecule has 2 rings (SSSR count). The summed E-state index contributed by atoms with van der Waals surface area (Å²) < 4.78 is 10.6. The predicted octanol–water partition coefficient (Wildman–Crippen LogP) is 3.57. The number of ether oxygens (including phenoxy) is 1. The molecule has 0 radical (unpaired) electrons. The summed E-state index contributed by atoms with van der Waals surface area (Å²) in [5, 5.41) is 10.7. The quantitative estimate of drug-likeness (QED) is 0.339. The van der Waals surface area contributed by atoms with Crippen LogP contribution in [0.3, 0.4) is 0 Å². The molecule has 2 aromatic rings. The summed E-state index contributed by atoms with van der Waals surface area (Å²) in [4.78, 5) is 4.65. The third kappa shape index (κ3) is 7.04. The normalized spacial score (nSPS) is 11.1. The van der Waals surface area contributed by atoms with Crippen molar-refractivity contribution in [1.29, 1.82) is 0 Å². The molecule has 0 fully saturated rings. The van der Waals surface area contributed by atoms with Gasteiger partial charge < -0.3 is 19.9 Å². The van der Waals surface area contributed by atoms with E-state index >= 15 is 0 Å². The molecule has 0 saturated carbocycles. The predicted molar refractivity (Wildman–Crippen MR) is 121 cm³/mol. The summed E-state index contributed by atoms with van der Waals surface area (Å²) in [5.74, 6) is 2.64. The minimum Gasteiger partial charge on any atom is -0.496 e. The molecule has 0 atom stereocenters. The number of benzene rings is 1. The second-order valence-electron chi connectivity index (χ2n) is 6.29. The fourth-order valence-corrected chi connectivity index (χ4v) is 2.83. The summed E-state index contributed by atoms with van der Waals surface area (Å²) in [6.07, 6.45) is 1.73. The van der Waals surface area contributed by atoms with E-state index in [2.05, 4.69) is 52.8 Å². The molecule has 0 amide bonds. The van der Waals surface area contributed by atoms with Crippen molar-refractivity contribution in [3.8, 4) is 5.75 Å². The topological polar surface area (TPSA) is 71.7 Å². The van der Waals surface area contributed by atoms with Crippen LogP contribution < -0.4 is 15.4 Å². The molecule has 1 aromatic heterocycles. The van der Waals surface area contributed by atoms with Gasteiger partial charge in [0.25, 0.3) is 0 Å². The van der Waals surface area contributed by atoms with E-state index < -0.39 is 0 Å². The number of methoxy groups -OCH3 is 1. The Balaban J connectivity index is 0.00000364. The van der Waals surface area contributed by atoms with E-state index in [1.54, 1.807) is 7.11 Å². The number of aryl methyl sites for hydroxylation is 3. The molecule has 6 nitrogen and oxygen atoms in total. The molecular formula is C20H31IN4O2. The van der Waals surface area contributed by atoms with Crippen LogP contribution in [0.5, 0.6) is 5.75 Å². The Morgan fingerprint density at radius 1 is 1.19 bits per heavy atom. The molecule has 7 heteroatoms. The molecular weight excluding hydrogens is 455 g/mol. The molecule has 150 valence electrons. The van der Waals surface area contributed by atoms with Crippen molar-refractivity contribution in [3.63, 3.8) is 0 Å². The lowest BCUT2D eigenvalue weighted by atomic mass is 10.1. The average molecular weight is 486 g/mol. The number of hydrogen-bond acceptors (Lipinski definition) is 4. The minimum absolute atomic E-state index is 0. The number of nitrogens with one attached hydrogen (secondary N) is 2. The van der Waals surface area contributed by atoms with Gasteiger partial charge >= 0.3 is 0 Å². The Labute approximate surface area is 179 Å². The molecule has 0 spiro atoms. The van der Waals surface area contributed by atoms with Crippen molar-refractivity contribution in [2.75, 3.05) is 26.7 Å². The Bertz CT molecular complexity index is 724. The van der Waals surface area contributed by atoms with E-state index in [-0.39, 0.29) is 24.0 Å². The fourth-order valence-electron chi connectivity index (χ4n) is 2.83. The standard InChI is InChI=1S/C20H30N4O2.HI/c1-6-21-20(23-12-10-18-15(3)24-26-16(18)4)22-11-9-17-8-7-14(2)19(13-17)25-5;/h7-8,13H,6,9-12H2,1-5H3,(H2,21,22,23);1H. The van der Waals surface area contributed by atoms with Gasteiger partial charge in [0, 0.05) is 25.2 Å². The molecule has 0 bridgehead atoms. The summed E-state index contributed by atoms with van der Waals surface area (Å²) in [6, 6.07) is 6.33. The number of halogens is 1. The van der Waals surface area contributed by atoms with Gasteiger partial charge in [-0.1, -0.05) is 17.3 Å². The highest BCUT2D eigenvalue weighted by atomic mass is 127. The summed E-state index contributed by atoms with van der Waals surface area (Å²) in [6.45, 7) is 10.4. The zero-order chi connectivity index (χ0) is 18.9. The molecule has 0 aliphatic rings. The Hall–Kier alpha value is -1.77. The monoisotopic (exact) mass is 486 g/mol. The van der Waals surface area contributed by atoms with Crippen molar-refractivity contribution in [2.45, 2.75) is 40.5 Å². The first-order valence-electron chi connectivity index (χ1n) is 9.12. The van der Waals surface area contributed by atoms with Crippen molar-refractivity contribution < 1.29 is 9.26 Å². The van der Waals surface area contributed by atoms with Crippen LogP contribution in [0, 0.1) is 20.8 Å². The minimum atomic E-state index is 0. The first-order chi connectivity index (χ1) is 12.5. The molecule has 0 unspecified atom stereocenters. The third-order valence-electron chi connectivity index (χ3n) is 4.34. The largest absolute Gasteiger partial charge is 0.496 e. The number of hydrogen-bond donors (Lipinski definition) is 2. The SMILES string of the molecule is CCNC(=NCCc1c(C)noc1C)NCCc1ccc(C)c(OC)c1.I. The van der Waals surface area contributed by atoms with Gasteiger partial charge in [-0.3, -0.25) is 4.99 Å². The van der Waals surface area contributed by atoms with Gasteiger partial charge in [-0.05, 0) is 57.7 Å². The van der Waals surface area contributed by atoms with Gasteiger partial charge in [0.2, 0.25) is 0 Å². The number of rotatable bonds is 8. The molecule has 0 aliphatic carbocycles. The number of nitrogens with zero attached hydrogens (tertiary/aromatic N) is 2. The maximum absolute atomic E-state index is 5.39. The molecule has 1 aromatic carbocycles. The average Bonchev–Trinajstić information content (AvgIpc) is 2.95. The second-order valence-corrected chi connectivity index (χ2v) is 6.29. The van der Waals surface area contributed by atoms with Crippen molar-refractivity contribution >= 4 is 29.9 Å². The van der Waals surface area contributed by atoms with Gasteiger partial charge in [0.15, 0.2) is 5.96 Å². The van der Waals surface area contributed by atoms with Crippen LogP contribution in [-0.2, 0) is 12.8 Å². The van der Waals surface area contributed by atoms with Crippen LogP contribution in [0.2, 0.25) is 0 Å². The van der Waals surface area contributed by atoms with E-state index in [4.69, 9.17) is 9.26 Å². The van der Waals surface area contributed by atoms with Crippen LogP contribution >= 0.6 is 24.0 Å². The smallest absolute Gasteiger partial charge is 0.191 e. The molecule has 0 aliphatic heterocycles. The molecule has 0 saturated heterocycles. The van der Waals surface area contributed by atoms with Crippen molar-refractivity contribution in [3.05, 3.63) is 46.3 Å². The third-order valence-corrected chi connectivity index (χ3v) is 4.34. The Morgan fingerprint density at radius 3 is 2.59 bits per heavy atom. The first-order valence-corrected chi connectivity index (χ1v) is 9.12. The van der Waals surface area contributed by atoms with Gasteiger partial charge in [-0.25, -0.2) is 0 Å². The summed E-state index contributed by atoms with van der Waals surface area (Å²) in [7, 11) is 1.71. The lowest BCUT2D eigenvalue weighted by molar-refractivity contribution is 0.392. The van der Waals surface area contributed by atoms with Crippen LogP contribution in [0.15, 0.2) is 27.7 Å². The first kappa shape index (κ1) is 23.3. The van der Waals surface area contributed by atoms with Crippen LogP contribution in [0.25, 0.3) is 0 Å². The number of aromatic nitrogens is 1. The second kappa shape index (κ2) is 11.8. The van der Waals surface area contributed by atoms with E-state index in [9.17, 15) is 0 Å². The van der Waals surface area contributed by atoms with Crippen LogP contribution in [-0.4, -0.2) is 37.9 Å². The Morgan fingerprint density at radius 2 is 1.96 bits per heavy atom. The zero-order valence-electron chi connectivity index (χ0n) is 16.9. The van der Waals surface area contributed by atoms with E-state index in [0.717, 1.165) is 60.2 Å². The van der Waals surface area contributed by atoms with Crippen LogP contribution in [0.1, 0.15) is 35.1 Å². The zero-order valence-corrected chi connectivity index (χ0v) is 19.2. The highest BCUT2D eigenvalue weighted by molar-refractivity contribution is 14.0. The van der Waals surface area contributed by atoms with Gasteiger partial charge in [-0.15, -0.1) is 24.0 Å². The van der Waals surface area contributed by atoms with E-state index in [1.165, 1.54) is 5.56 Å². The fraction of sp³-hybridized carbons (Fsp3) is 0.500. The van der Waals surface area contributed by atoms with Crippen LogP contribution in [0.4, 0.5) is 0 Å². The number of guanidine groups is 1. The molecule has 1 heterocycles. The van der Waals surface area contributed by atoms with Gasteiger partial charge in [0.1, 0.15) is 11.5 Å². The number of aliphatic imine (C=N–C) groups is 1. The van der Waals surface area contributed by atoms with E-state index in [0.29, 0.717) is 6.54 Å². The molecule has 27 heavy (non-hydrogen) atoms. The van der Waals surface area contributed by atoms with Crippen molar-refractivity contribution in [1.82, 2.24) is 15.8 Å². The summed E-state index contributed by atoms with van der Waals surface area (Å²) >= 11 is 0. The lowest BCUT2D eigenvalue weighted by Gasteiger charge is -2.12. The Kier molecular flexibility index (Phi) is 10.2. The molecule has 2 N–H and O–H groups in total. The highest BCUT2D eigenvalue weighted by Crippen LogP contribution is 2.19. The van der Waals surface area contributed by atoms with E-state index in [1.807, 2.05) is 13.8 Å².